The number of rotatable bonds is 3. The highest BCUT2D eigenvalue weighted by molar-refractivity contribution is 5.76. The van der Waals surface area contributed by atoms with Crippen LogP contribution in [0.15, 0.2) is 18.5 Å². The predicted molar refractivity (Wildman–Crippen MR) is 85.8 cm³/mol. The molecule has 1 aromatic heterocycles. The fraction of sp³-hybridized carbons (Fsp3) is 0.647. The van der Waals surface area contributed by atoms with E-state index < -0.39 is 0 Å². The van der Waals surface area contributed by atoms with Crippen molar-refractivity contribution in [2.75, 3.05) is 44.3 Å². The van der Waals surface area contributed by atoms with Crippen molar-refractivity contribution in [3.8, 4) is 0 Å². The van der Waals surface area contributed by atoms with Gasteiger partial charge < -0.3 is 14.5 Å². The van der Waals surface area contributed by atoms with E-state index >= 15 is 0 Å². The van der Waals surface area contributed by atoms with Gasteiger partial charge in [-0.05, 0) is 31.2 Å². The minimum atomic E-state index is -0.299. The van der Waals surface area contributed by atoms with Crippen molar-refractivity contribution in [2.24, 2.45) is 5.92 Å². The van der Waals surface area contributed by atoms with Gasteiger partial charge in [-0.2, -0.15) is 0 Å². The number of anilines is 1. The van der Waals surface area contributed by atoms with Gasteiger partial charge in [-0.1, -0.05) is 0 Å². The summed E-state index contributed by atoms with van der Waals surface area (Å²) in [5.41, 5.74) is 0.579. The second-order valence-electron chi connectivity index (χ2n) is 6.34. The van der Waals surface area contributed by atoms with Gasteiger partial charge in [0.15, 0.2) is 5.82 Å². The molecule has 0 aromatic carbocycles. The molecular formula is C17H24FN3O2. The van der Waals surface area contributed by atoms with Crippen LogP contribution in [0, 0.1) is 11.7 Å². The van der Waals surface area contributed by atoms with Crippen LogP contribution in [0.3, 0.4) is 0 Å². The molecule has 5 nitrogen and oxygen atoms in total. The third kappa shape index (κ3) is 4.19. The maximum Gasteiger partial charge on any atom is 0.222 e. The minimum absolute atomic E-state index is 0.206. The van der Waals surface area contributed by atoms with E-state index in [0.717, 1.165) is 39.0 Å². The number of amides is 1. The van der Waals surface area contributed by atoms with Gasteiger partial charge in [-0.25, -0.2) is 4.39 Å². The van der Waals surface area contributed by atoms with Crippen LogP contribution in [-0.4, -0.2) is 55.2 Å². The zero-order valence-electron chi connectivity index (χ0n) is 13.4. The Morgan fingerprint density at radius 1 is 1.30 bits per heavy atom. The SMILES string of the molecule is O=C(CC1CCCOC1)N1CCCN(c2ccncc2F)CC1. The van der Waals surface area contributed by atoms with Crippen molar-refractivity contribution in [3.63, 3.8) is 0 Å². The van der Waals surface area contributed by atoms with Gasteiger partial charge in [0.1, 0.15) is 0 Å². The average molecular weight is 321 g/mol. The van der Waals surface area contributed by atoms with E-state index in [4.69, 9.17) is 4.74 Å². The Morgan fingerprint density at radius 2 is 2.22 bits per heavy atom. The van der Waals surface area contributed by atoms with Gasteiger partial charge in [0.2, 0.25) is 5.91 Å². The first-order chi connectivity index (χ1) is 11.2. The molecule has 2 aliphatic heterocycles. The van der Waals surface area contributed by atoms with Crippen molar-refractivity contribution in [1.29, 1.82) is 0 Å². The first kappa shape index (κ1) is 16.2. The molecule has 0 saturated carbocycles. The van der Waals surface area contributed by atoms with Crippen LogP contribution in [0.4, 0.5) is 10.1 Å². The molecule has 0 aliphatic carbocycles. The van der Waals surface area contributed by atoms with E-state index in [0.29, 0.717) is 37.7 Å². The van der Waals surface area contributed by atoms with Crippen LogP contribution in [0.2, 0.25) is 0 Å². The maximum absolute atomic E-state index is 13.9. The Labute approximate surface area is 136 Å². The summed E-state index contributed by atoms with van der Waals surface area (Å²) in [4.78, 5) is 20.2. The van der Waals surface area contributed by atoms with Crippen LogP contribution in [-0.2, 0) is 9.53 Å². The fourth-order valence-electron chi connectivity index (χ4n) is 3.38. The van der Waals surface area contributed by atoms with Gasteiger partial charge in [0.25, 0.3) is 0 Å². The molecule has 2 fully saturated rings. The van der Waals surface area contributed by atoms with Crippen molar-refractivity contribution in [3.05, 3.63) is 24.3 Å². The number of hydrogen-bond acceptors (Lipinski definition) is 4. The molecule has 6 heteroatoms. The summed E-state index contributed by atoms with van der Waals surface area (Å²) >= 11 is 0. The summed E-state index contributed by atoms with van der Waals surface area (Å²) in [7, 11) is 0. The molecule has 3 heterocycles. The third-order valence-corrected chi connectivity index (χ3v) is 4.66. The molecule has 3 rings (SSSR count). The average Bonchev–Trinajstić information content (AvgIpc) is 2.82. The molecule has 1 aromatic rings. The van der Waals surface area contributed by atoms with Crippen molar-refractivity contribution < 1.29 is 13.9 Å². The summed E-state index contributed by atoms with van der Waals surface area (Å²) in [6, 6.07) is 1.70. The highest BCUT2D eigenvalue weighted by Crippen LogP contribution is 2.21. The Kier molecular flexibility index (Phi) is 5.43. The lowest BCUT2D eigenvalue weighted by Crippen LogP contribution is -2.37. The summed E-state index contributed by atoms with van der Waals surface area (Å²) in [6.45, 7) is 4.34. The van der Waals surface area contributed by atoms with E-state index in [2.05, 4.69) is 4.98 Å². The zero-order chi connectivity index (χ0) is 16.1. The summed E-state index contributed by atoms with van der Waals surface area (Å²) in [5.74, 6) is 0.262. The van der Waals surface area contributed by atoms with Crippen molar-refractivity contribution in [1.82, 2.24) is 9.88 Å². The summed E-state index contributed by atoms with van der Waals surface area (Å²) in [6.07, 6.45) is 6.40. The second kappa shape index (κ2) is 7.73. The molecule has 2 saturated heterocycles. The molecule has 0 N–H and O–H groups in total. The van der Waals surface area contributed by atoms with Gasteiger partial charge in [-0.15, -0.1) is 0 Å². The number of nitrogens with zero attached hydrogens (tertiary/aromatic N) is 3. The number of carbonyl (C=O) groups excluding carboxylic acids is 1. The number of ether oxygens (including phenoxy) is 1. The maximum atomic E-state index is 13.9. The Hall–Kier alpha value is -1.69. The van der Waals surface area contributed by atoms with Gasteiger partial charge >= 0.3 is 0 Å². The molecule has 1 atom stereocenters. The van der Waals surface area contributed by atoms with Crippen molar-refractivity contribution >= 4 is 11.6 Å². The molecule has 1 amide bonds. The van der Waals surface area contributed by atoms with Crippen molar-refractivity contribution in [2.45, 2.75) is 25.7 Å². The first-order valence-corrected chi connectivity index (χ1v) is 8.44. The summed E-state index contributed by atoms with van der Waals surface area (Å²) < 4.78 is 19.3. The Morgan fingerprint density at radius 3 is 3.00 bits per heavy atom. The topological polar surface area (TPSA) is 45.7 Å². The predicted octanol–water partition coefficient (Wildman–Crippen LogP) is 2.08. The quantitative estimate of drug-likeness (QED) is 0.855. The van der Waals surface area contributed by atoms with Crippen LogP contribution in [0.5, 0.6) is 0 Å². The fourth-order valence-corrected chi connectivity index (χ4v) is 3.38. The molecule has 1 unspecified atom stereocenters. The van der Waals surface area contributed by atoms with Gasteiger partial charge in [0.05, 0.1) is 11.9 Å². The molecule has 2 aliphatic rings. The highest BCUT2D eigenvalue weighted by Gasteiger charge is 2.24. The number of aromatic nitrogens is 1. The molecule has 126 valence electrons. The molecule has 0 radical (unpaired) electrons. The lowest BCUT2D eigenvalue weighted by molar-refractivity contribution is -0.133. The van der Waals surface area contributed by atoms with Gasteiger partial charge in [-0.3, -0.25) is 9.78 Å². The van der Waals surface area contributed by atoms with E-state index in [1.165, 1.54) is 6.20 Å². The standard InChI is InChI=1S/C17H24FN3O2/c18-15-12-19-5-4-16(15)20-6-2-7-21(9-8-20)17(22)11-14-3-1-10-23-13-14/h4-5,12,14H,1-3,6-11,13H2. The number of carbonyl (C=O) groups is 1. The number of hydrogen-bond donors (Lipinski definition) is 0. The smallest absolute Gasteiger partial charge is 0.222 e. The lowest BCUT2D eigenvalue weighted by Gasteiger charge is -2.26. The third-order valence-electron chi connectivity index (χ3n) is 4.66. The molecule has 23 heavy (non-hydrogen) atoms. The second-order valence-corrected chi connectivity index (χ2v) is 6.34. The number of halogens is 1. The van der Waals surface area contributed by atoms with E-state index in [-0.39, 0.29) is 11.7 Å². The Balaban J connectivity index is 1.55. The lowest BCUT2D eigenvalue weighted by atomic mass is 9.98. The van der Waals surface area contributed by atoms with Crippen LogP contribution < -0.4 is 4.90 Å². The van der Waals surface area contributed by atoms with E-state index in [1.807, 2.05) is 9.80 Å². The minimum Gasteiger partial charge on any atom is -0.381 e. The highest BCUT2D eigenvalue weighted by atomic mass is 19.1. The van der Waals surface area contributed by atoms with E-state index in [9.17, 15) is 9.18 Å². The van der Waals surface area contributed by atoms with Crippen LogP contribution in [0.1, 0.15) is 25.7 Å². The van der Waals surface area contributed by atoms with Crippen LogP contribution in [0.25, 0.3) is 0 Å². The van der Waals surface area contributed by atoms with Crippen LogP contribution >= 0.6 is 0 Å². The normalized spacial score (nSPS) is 22.7. The number of pyridine rings is 1. The first-order valence-electron chi connectivity index (χ1n) is 8.44. The molecule has 0 spiro atoms. The Bertz CT molecular complexity index is 534. The van der Waals surface area contributed by atoms with E-state index in [1.54, 1.807) is 12.3 Å². The largest absolute Gasteiger partial charge is 0.381 e. The van der Waals surface area contributed by atoms with Gasteiger partial charge in [0, 0.05) is 52.0 Å². The summed E-state index contributed by atoms with van der Waals surface area (Å²) in [5, 5.41) is 0. The molecular weight excluding hydrogens is 297 g/mol. The molecule has 0 bridgehead atoms. The zero-order valence-corrected chi connectivity index (χ0v) is 13.4. The monoisotopic (exact) mass is 321 g/mol.